The van der Waals surface area contributed by atoms with Gasteiger partial charge in [-0.25, -0.2) is 4.79 Å². The molecule has 0 radical (unpaired) electrons. The van der Waals surface area contributed by atoms with Crippen molar-refractivity contribution >= 4 is 29.4 Å². The normalized spacial score (nSPS) is 36.7. The van der Waals surface area contributed by atoms with Gasteiger partial charge in [-0.3, -0.25) is 9.59 Å². The monoisotopic (exact) mass is 752 g/mol. The molecule has 0 saturated heterocycles. The first-order valence-corrected chi connectivity index (χ1v) is 20.7. The summed E-state index contributed by atoms with van der Waals surface area (Å²) in [6, 6.07) is 7.39. The lowest BCUT2D eigenvalue weighted by atomic mass is 9.33. The van der Waals surface area contributed by atoms with Crippen LogP contribution >= 0.6 is 11.6 Å². The number of aliphatic hydroxyl groups excluding tert-OH is 1. The smallest absolute Gasteiger partial charge is 0.410 e. The fraction of sp³-hybridized carbons (Fsp3) is 0.750. The summed E-state index contributed by atoms with van der Waals surface area (Å²) in [5, 5.41) is 13.1. The van der Waals surface area contributed by atoms with E-state index in [1.807, 2.05) is 26.0 Å². The maximum Gasteiger partial charge on any atom is 0.410 e. The number of halogens is 1. The third kappa shape index (κ3) is 6.48. The number of Topliss-reactive ketones (excluding diaryl/α,β-unsaturated/α-hetero) is 1. The molecule has 3 N–H and O–H groups in total. The number of benzene rings is 1. The van der Waals surface area contributed by atoms with Crippen LogP contribution in [0.5, 0.6) is 0 Å². The van der Waals surface area contributed by atoms with Crippen LogP contribution in [0.2, 0.25) is 5.02 Å². The van der Waals surface area contributed by atoms with Gasteiger partial charge in [0.25, 0.3) is 0 Å². The van der Waals surface area contributed by atoms with Crippen molar-refractivity contribution in [2.24, 2.45) is 57.0 Å². The number of amides is 1. The van der Waals surface area contributed by atoms with Crippen molar-refractivity contribution in [2.45, 2.75) is 144 Å². The van der Waals surface area contributed by atoms with Gasteiger partial charge in [-0.15, -0.1) is 0 Å². The third-order valence-corrected chi connectivity index (χ3v) is 15.7. The highest BCUT2D eigenvalue weighted by Crippen LogP contribution is 2.74. The van der Waals surface area contributed by atoms with Gasteiger partial charge in [0.1, 0.15) is 6.10 Å². The number of ether oxygens (including phenoxy) is 2. The van der Waals surface area contributed by atoms with Gasteiger partial charge in [0.2, 0.25) is 0 Å². The number of carbonyl (C=O) groups is 3. The summed E-state index contributed by atoms with van der Waals surface area (Å²) in [6.07, 6.45) is 5.70. The summed E-state index contributed by atoms with van der Waals surface area (Å²) in [4.78, 5) is 41.5. The van der Waals surface area contributed by atoms with Crippen LogP contribution < -0.4 is 5.73 Å². The molecule has 5 aliphatic carbocycles. The Kier molecular flexibility index (Phi) is 10.8. The van der Waals surface area contributed by atoms with E-state index in [0.29, 0.717) is 17.4 Å². The predicted molar refractivity (Wildman–Crippen MR) is 208 cm³/mol. The number of hydrogen-bond donors (Lipinski definition) is 2. The first-order chi connectivity index (χ1) is 24.7. The van der Waals surface area contributed by atoms with E-state index < -0.39 is 23.2 Å². The van der Waals surface area contributed by atoms with E-state index >= 15 is 0 Å². The summed E-state index contributed by atoms with van der Waals surface area (Å²) < 4.78 is 11.7. The molecule has 294 valence electrons. The maximum absolute atomic E-state index is 14.2. The van der Waals surface area contributed by atoms with E-state index in [1.54, 1.807) is 17.0 Å². The summed E-state index contributed by atoms with van der Waals surface area (Å²) in [5.74, 6) is 0.820. The highest BCUT2D eigenvalue weighted by atomic mass is 35.5. The van der Waals surface area contributed by atoms with Crippen LogP contribution in [0.1, 0.15) is 126 Å². The van der Waals surface area contributed by atoms with Crippen LogP contribution in [0.4, 0.5) is 4.79 Å². The van der Waals surface area contributed by atoms with Crippen molar-refractivity contribution in [2.75, 3.05) is 13.2 Å². The number of carbonyl (C=O) groups excluding carboxylic acids is 3. The predicted octanol–water partition coefficient (Wildman–Crippen LogP) is 8.90. The lowest BCUT2D eigenvalue weighted by molar-refractivity contribution is -0.223. The number of nitrogens with two attached hydrogens (primary N) is 1. The van der Waals surface area contributed by atoms with Crippen molar-refractivity contribution < 1.29 is 29.0 Å². The van der Waals surface area contributed by atoms with Crippen LogP contribution in [-0.4, -0.2) is 58.8 Å². The number of esters is 1. The molecule has 0 heterocycles. The van der Waals surface area contributed by atoms with Gasteiger partial charge in [-0.05, 0) is 115 Å². The molecule has 1 aromatic rings. The first kappa shape index (κ1) is 40.2. The van der Waals surface area contributed by atoms with E-state index in [0.717, 1.165) is 61.7 Å². The zero-order valence-corrected chi connectivity index (χ0v) is 34.5. The Hall–Kier alpha value is -2.42. The number of allylic oxidation sites excluding steroid dienone is 1. The third-order valence-electron chi connectivity index (χ3n) is 15.4. The summed E-state index contributed by atoms with van der Waals surface area (Å²) >= 11 is 6.18. The molecule has 9 atom stereocenters. The molecule has 0 bridgehead atoms. The fourth-order valence-electron chi connectivity index (χ4n) is 12.9. The number of aliphatic hydroxyl groups is 1. The zero-order chi connectivity index (χ0) is 38.9. The summed E-state index contributed by atoms with van der Waals surface area (Å²) in [6.45, 7) is 19.7. The Bertz CT molecular complexity index is 1620. The molecular weight excluding hydrogens is 688 g/mol. The highest BCUT2D eigenvalue weighted by Gasteiger charge is 2.72. The summed E-state index contributed by atoms with van der Waals surface area (Å²) in [5.41, 5.74) is 9.17. The van der Waals surface area contributed by atoms with E-state index in [9.17, 15) is 19.5 Å². The average Bonchev–Trinajstić information content (AvgIpc) is 3.40. The Morgan fingerprint density at radius 1 is 0.962 bits per heavy atom. The molecule has 53 heavy (non-hydrogen) atoms. The number of fused-ring (bicyclic) bond motifs is 7. The van der Waals surface area contributed by atoms with Gasteiger partial charge in [0.05, 0.1) is 19.3 Å². The van der Waals surface area contributed by atoms with Gasteiger partial charge >= 0.3 is 12.1 Å². The molecule has 4 fully saturated rings. The molecule has 5 aliphatic rings. The molecule has 9 heteroatoms. The van der Waals surface area contributed by atoms with Gasteiger partial charge in [0.15, 0.2) is 5.78 Å². The Morgan fingerprint density at radius 3 is 2.25 bits per heavy atom. The Morgan fingerprint density at radius 2 is 1.62 bits per heavy atom. The minimum atomic E-state index is -0.944. The van der Waals surface area contributed by atoms with Gasteiger partial charge in [-0.2, -0.15) is 0 Å². The van der Waals surface area contributed by atoms with E-state index in [1.165, 1.54) is 6.92 Å². The van der Waals surface area contributed by atoms with Crippen LogP contribution in [-0.2, 0) is 25.6 Å². The second-order valence-corrected chi connectivity index (χ2v) is 19.8. The van der Waals surface area contributed by atoms with Crippen LogP contribution in [0.15, 0.2) is 35.4 Å². The van der Waals surface area contributed by atoms with Crippen molar-refractivity contribution in [1.82, 2.24) is 4.90 Å². The number of ketones is 1. The lowest BCUT2D eigenvalue weighted by Gasteiger charge is -2.73. The minimum Gasteiger partial charge on any atom is -0.462 e. The van der Waals surface area contributed by atoms with Crippen molar-refractivity contribution in [3.8, 4) is 0 Å². The molecule has 6 unspecified atom stereocenters. The average molecular weight is 753 g/mol. The number of rotatable bonds is 9. The quantitative estimate of drug-likeness (QED) is 0.242. The summed E-state index contributed by atoms with van der Waals surface area (Å²) in [7, 11) is 0. The largest absolute Gasteiger partial charge is 0.462 e. The van der Waals surface area contributed by atoms with E-state index in [4.69, 9.17) is 26.8 Å². The Labute approximate surface area is 322 Å². The standard InChI is InChI=1S/C44H65ClN2O6/c1-26(2)25-52-39(51)47(23-29-10-12-30(45)13-11-29)24-35(50)43-20-15-32-31(38(43)37(27(3)4)33(49)22-43)14-21-44(46)41(32,8)18-16-34-40(6,7)36(53-28(5)48)17-19-42(34,44)9/h10-13,26-27,31-32,34-36,50H,14-25,46H2,1-9H3/t31?,32?,34-,35?,36-,41?,42?,43?,44+/m0/s1. The maximum atomic E-state index is 14.2. The molecule has 8 nitrogen and oxygen atoms in total. The van der Waals surface area contributed by atoms with E-state index in [2.05, 4.69) is 41.5 Å². The molecule has 0 aromatic heterocycles. The molecule has 4 saturated carbocycles. The highest BCUT2D eigenvalue weighted by molar-refractivity contribution is 6.30. The molecule has 0 aliphatic heterocycles. The molecular formula is C44H65ClN2O6. The number of nitrogens with zero attached hydrogens (tertiary/aromatic N) is 1. The lowest BCUT2D eigenvalue weighted by Crippen LogP contribution is -2.76. The number of hydrogen-bond acceptors (Lipinski definition) is 7. The van der Waals surface area contributed by atoms with Crippen molar-refractivity contribution in [1.29, 1.82) is 0 Å². The molecule has 6 rings (SSSR count). The molecule has 0 spiro atoms. The van der Waals surface area contributed by atoms with Gasteiger partial charge in [0, 0.05) is 41.3 Å². The van der Waals surface area contributed by atoms with Gasteiger partial charge < -0.3 is 25.2 Å². The molecule has 1 amide bonds. The minimum absolute atomic E-state index is 0.0227. The fourth-order valence-corrected chi connectivity index (χ4v) is 13.0. The van der Waals surface area contributed by atoms with Crippen LogP contribution in [0.25, 0.3) is 0 Å². The van der Waals surface area contributed by atoms with Crippen LogP contribution in [0.3, 0.4) is 0 Å². The second kappa shape index (κ2) is 14.3. The SMILES string of the molecule is CC(=O)O[C@H]1CCC2(C)[C@@H](CCC3(C)C4CCC5(C(O)CN(Cc6ccc(Cl)cc6)C(=O)OCC(C)C)CC(=O)C(C(C)C)=C5C4CC[C@@]32N)C1(C)C. The molecule has 1 aromatic carbocycles. The van der Waals surface area contributed by atoms with Gasteiger partial charge in [-0.1, -0.05) is 84.7 Å². The second-order valence-electron chi connectivity index (χ2n) is 19.4. The van der Waals surface area contributed by atoms with Crippen molar-refractivity contribution in [3.05, 3.63) is 46.0 Å². The first-order valence-electron chi connectivity index (χ1n) is 20.3. The zero-order valence-electron chi connectivity index (χ0n) is 33.7. The van der Waals surface area contributed by atoms with Crippen LogP contribution in [0, 0.1) is 51.2 Å². The Balaban J connectivity index is 1.34. The van der Waals surface area contributed by atoms with Crippen molar-refractivity contribution in [3.63, 3.8) is 0 Å². The van der Waals surface area contributed by atoms with E-state index in [-0.39, 0.29) is 83.9 Å². The topological polar surface area (TPSA) is 119 Å².